The Morgan fingerprint density at radius 1 is 1.38 bits per heavy atom. The van der Waals surface area contributed by atoms with Crippen molar-refractivity contribution in [3.8, 4) is 0 Å². The van der Waals surface area contributed by atoms with Crippen LogP contribution in [0, 0.1) is 0 Å². The Balaban J connectivity index is 1.83. The minimum atomic E-state index is 0.0932. The van der Waals surface area contributed by atoms with E-state index in [0.29, 0.717) is 6.04 Å². The van der Waals surface area contributed by atoms with Gasteiger partial charge in [-0.3, -0.25) is 4.79 Å². The Morgan fingerprint density at radius 2 is 2.19 bits per heavy atom. The molecule has 3 unspecified atom stereocenters. The molecule has 0 aromatic heterocycles. The lowest BCUT2D eigenvalue weighted by atomic mass is 9.94. The van der Waals surface area contributed by atoms with Crippen LogP contribution in [-0.2, 0) is 4.79 Å². The van der Waals surface area contributed by atoms with Crippen molar-refractivity contribution < 1.29 is 4.79 Å². The SMILES string of the molecule is CSC1CCCC(NC2CCN(C)C2=O)C1. The van der Waals surface area contributed by atoms with E-state index in [9.17, 15) is 4.79 Å². The van der Waals surface area contributed by atoms with E-state index in [0.717, 1.165) is 18.2 Å². The number of carbonyl (C=O) groups excluding carboxylic acids is 1. The third kappa shape index (κ3) is 2.72. The number of nitrogens with one attached hydrogen (secondary N) is 1. The molecule has 1 aliphatic carbocycles. The predicted octanol–water partition coefficient (Wildman–Crippen LogP) is 1.48. The Bertz CT molecular complexity index is 259. The number of rotatable bonds is 3. The molecule has 92 valence electrons. The first-order valence-corrected chi connectivity index (χ1v) is 7.53. The van der Waals surface area contributed by atoms with Crippen LogP contribution in [0.2, 0.25) is 0 Å². The molecule has 2 rings (SSSR count). The van der Waals surface area contributed by atoms with Crippen LogP contribution < -0.4 is 5.32 Å². The first-order chi connectivity index (χ1) is 7.70. The highest BCUT2D eigenvalue weighted by molar-refractivity contribution is 7.99. The quantitative estimate of drug-likeness (QED) is 0.813. The van der Waals surface area contributed by atoms with Crippen LogP contribution >= 0.6 is 11.8 Å². The van der Waals surface area contributed by atoms with Crippen LogP contribution in [-0.4, -0.2) is 48.0 Å². The van der Waals surface area contributed by atoms with Crippen LogP contribution in [0.1, 0.15) is 32.1 Å². The zero-order valence-electron chi connectivity index (χ0n) is 10.2. The maximum absolute atomic E-state index is 11.8. The van der Waals surface area contributed by atoms with Crippen molar-refractivity contribution in [3.63, 3.8) is 0 Å². The van der Waals surface area contributed by atoms with E-state index >= 15 is 0 Å². The molecule has 3 atom stereocenters. The molecule has 0 aromatic rings. The highest BCUT2D eigenvalue weighted by Crippen LogP contribution is 2.27. The molecule has 1 heterocycles. The van der Waals surface area contributed by atoms with Gasteiger partial charge in [0, 0.05) is 24.9 Å². The van der Waals surface area contributed by atoms with Crippen molar-refractivity contribution in [3.05, 3.63) is 0 Å². The molecular formula is C12H22N2OS. The standard InChI is InChI=1S/C12H22N2OS/c1-14-7-6-11(12(14)15)13-9-4-3-5-10(8-9)16-2/h9-11,13H,3-8H2,1-2H3. The van der Waals surface area contributed by atoms with Gasteiger partial charge in [0.1, 0.15) is 0 Å². The van der Waals surface area contributed by atoms with E-state index in [-0.39, 0.29) is 11.9 Å². The van der Waals surface area contributed by atoms with Crippen LogP contribution in [0.4, 0.5) is 0 Å². The van der Waals surface area contributed by atoms with Crippen molar-refractivity contribution in [2.45, 2.75) is 49.4 Å². The van der Waals surface area contributed by atoms with E-state index in [1.54, 1.807) is 0 Å². The summed E-state index contributed by atoms with van der Waals surface area (Å²) in [5.41, 5.74) is 0. The Labute approximate surface area is 102 Å². The summed E-state index contributed by atoms with van der Waals surface area (Å²) in [6, 6.07) is 0.655. The van der Waals surface area contributed by atoms with E-state index in [2.05, 4.69) is 11.6 Å². The Hall–Kier alpha value is -0.220. The maximum Gasteiger partial charge on any atom is 0.239 e. The van der Waals surface area contributed by atoms with Gasteiger partial charge in [0.15, 0.2) is 0 Å². The minimum absolute atomic E-state index is 0.0932. The predicted molar refractivity (Wildman–Crippen MR) is 68.7 cm³/mol. The monoisotopic (exact) mass is 242 g/mol. The van der Waals surface area contributed by atoms with Gasteiger partial charge in [-0.15, -0.1) is 0 Å². The molecule has 1 saturated heterocycles. The number of hydrogen-bond acceptors (Lipinski definition) is 3. The molecule has 4 heteroatoms. The Morgan fingerprint density at radius 3 is 2.81 bits per heavy atom. The van der Waals surface area contributed by atoms with Gasteiger partial charge in [-0.05, 0) is 31.9 Å². The smallest absolute Gasteiger partial charge is 0.239 e. The molecule has 16 heavy (non-hydrogen) atoms. The van der Waals surface area contributed by atoms with Gasteiger partial charge in [0.25, 0.3) is 0 Å². The molecule has 1 amide bonds. The first kappa shape index (κ1) is 12.2. The molecule has 1 aliphatic heterocycles. The van der Waals surface area contributed by atoms with Crippen LogP contribution in [0.3, 0.4) is 0 Å². The molecule has 2 aliphatic rings. The lowest BCUT2D eigenvalue weighted by Crippen LogP contribution is -2.45. The van der Waals surface area contributed by atoms with E-state index in [1.165, 1.54) is 25.7 Å². The molecule has 0 radical (unpaired) electrons. The summed E-state index contributed by atoms with van der Waals surface area (Å²) in [7, 11) is 1.90. The third-order valence-electron chi connectivity index (χ3n) is 3.82. The topological polar surface area (TPSA) is 32.3 Å². The fourth-order valence-electron chi connectivity index (χ4n) is 2.77. The summed E-state index contributed by atoms with van der Waals surface area (Å²) in [5, 5.41) is 4.35. The summed E-state index contributed by atoms with van der Waals surface area (Å²) in [6.07, 6.45) is 8.30. The van der Waals surface area contributed by atoms with Gasteiger partial charge >= 0.3 is 0 Å². The van der Waals surface area contributed by atoms with Gasteiger partial charge < -0.3 is 10.2 Å². The Kier molecular flexibility index (Phi) is 4.14. The maximum atomic E-state index is 11.8. The molecule has 3 nitrogen and oxygen atoms in total. The number of amides is 1. The first-order valence-electron chi connectivity index (χ1n) is 6.24. The van der Waals surface area contributed by atoms with Gasteiger partial charge in [0.05, 0.1) is 6.04 Å². The van der Waals surface area contributed by atoms with Crippen molar-refractivity contribution in [2.24, 2.45) is 0 Å². The zero-order chi connectivity index (χ0) is 11.5. The van der Waals surface area contributed by atoms with Crippen LogP contribution in [0.25, 0.3) is 0 Å². The average molecular weight is 242 g/mol. The molecule has 0 bridgehead atoms. The van der Waals surface area contributed by atoms with Gasteiger partial charge in [-0.25, -0.2) is 0 Å². The number of likely N-dealkylation sites (tertiary alicyclic amines) is 1. The van der Waals surface area contributed by atoms with Gasteiger partial charge in [0.2, 0.25) is 5.91 Å². The van der Waals surface area contributed by atoms with Crippen LogP contribution in [0.5, 0.6) is 0 Å². The van der Waals surface area contributed by atoms with E-state index in [1.807, 2.05) is 23.7 Å². The van der Waals surface area contributed by atoms with Crippen LogP contribution in [0.15, 0.2) is 0 Å². The lowest BCUT2D eigenvalue weighted by molar-refractivity contribution is -0.128. The van der Waals surface area contributed by atoms with Gasteiger partial charge in [-0.1, -0.05) is 6.42 Å². The van der Waals surface area contributed by atoms with Crippen molar-refractivity contribution >= 4 is 17.7 Å². The second-order valence-electron chi connectivity index (χ2n) is 4.99. The molecule has 1 saturated carbocycles. The largest absolute Gasteiger partial charge is 0.344 e. The number of carbonyl (C=O) groups is 1. The summed E-state index contributed by atoms with van der Waals surface area (Å²) in [6.45, 7) is 0.912. The number of hydrogen-bond donors (Lipinski definition) is 1. The molecule has 1 N–H and O–H groups in total. The summed E-state index contributed by atoms with van der Waals surface area (Å²) < 4.78 is 0. The summed E-state index contributed by atoms with van der Waals surface area (Å²) >= 11 is 1.97. The van der Waals surface area contributed by atoms with Gasteiger partial charge in [-0.2, -0.15) is 11.8 Å². The molecule has 0 aromatic carbocycles. The molecule has 0 spiro atoms. The summed E-state index contributed by atoms with van der Waals surface area (Å²) in [4.78, 5) is 13.6. The normalized spacial score (nSPS) is 35.8. The zero-order valence-corrected chi connectivity index (χ0v) is 11.1. The molecule has 2 fully saturated rings. The molecular weight excluding hydrogens is 220 g/mol. The number of likely N-dealkylation sites (N-methyl/N-ethyl adjacent to an activating group) is 1. The minimum Gasteiger partial charge on any atom is -0.344 e. The third-order valence-corrected chi connectivity index (χ3v) is 4.92. The fourth-order valence-corrected chi connectivity index (χ4v) is 3.60. The summed E-state index contributed by atoms with van der Waals surface area (Å²) in [5.74, 6) is 0.284. The average Bonchev–Trinajstić information content (AvgIpc) is 2.61. The lowest BCUT2D eigenvalue weighted by Gasteiger charge is -2.30. The number of thioether (sulfide) groups is 1. The second-order valence-corrected chi connectivity index (χ2v) is 6.13. The highest BCUT2D eigenvalue weighted by atomic mass is 32.2. The second kappa shape index (κ2) is 5.41. The highest BCUT2D eigenvalue weighted by Gasteiger charge is 2.32. The fraction of sp³-hybridized carbons (Fsp3) is 0.917. The number of nitrogens with zero attached hydrogens (tertiary/aromatic N) is 1. The van der Waals surface area contributed by atoms with Crippen molar-refractivity contribution in [1.82, 2.24) is 10.2 Å². The van der Waals surface area contributed by atoms with Crippen molar-refractivity contribution in [2.75, 3.05) is 19.8 Å². The van der Waals surface area contributed by atoms with Crippen molar-refractivity contribution in [1.29, 1.82) is 0 Å². The van der Waals surface area contributed by atoms with E-state index < -0.39 is 0 Å². The van der Waals surface area contributed by atoms with E-state index in [4.69, 9.17) is 0 Å².